The Hall–Kier alpha value is -2.29. The Kier molecular flexibility index (Phi) is 2.83. The van der Waals surface area contributed by atoms with Crippen molar-refractivity contribution in [3.63, 3.8) is 0 Å². The number of nitrogens with two attached hydrogens (primary N) is 1. The molecule has 2 rings (SSSR count). The summed E-state index contributed by atoms with van der Waals surface area (Å²) in [5.74, 6) is -0.926. The van der Waals surface area contributed by atoms with Crippen LogP contribution in [-0.2, 0) is 0 Å². The molecule has 0 amide bonds. The topological polar surface area (TPSA) is 63.3 Å². The molecular weight excluding hydrogens is 214 g/mol. The molecule has 17 heavy (non-hydrogen) atoms. The predicted octanol–water partition coefficient (Wildman–Crippen LogP) is 2.94. The van der Waals surface area contributed by atoms with Crippen molar-refractivity contribution in [1.29, 1.82) is 0 Å². The fraction of sp³-hybridized carbons (Fsp3) is 0.0714. The molecule has 3 N–H and O–H groups in total. The van der Waals surface area contributed by atoms with Gasteiger partial charge in [-0.15, -0.1) is 0 Å². The van der Waals surface area contributed by atoms with Crippen LogP contribution in [0, 0.1) is 6.92 Å². The summed E-state index contributed by atoms with van der Waals surface area (Å²) in [4.78, 5) is 11.0. The van der Waals surface area contributed by atoms with E-state index in [2.05, 4.69) is 0 Å². The van der Waals surface area contributed by atoms with E-state index in [4.69, 9.17) is 10.8 Å². The van der Waals surface area contributed by atoms with Gasteiger partial charge in [0.1, 0.15) is 0 Å². The summed E-state index contributed by atoms with van der Waals surface area (Å²) in [6.07, 6.45) is 0. The highest BCUT2D eigenvalue weighted by molar-refractivity contribution is 5.90. The third-order valence-corrected chi connectivity index (χ3v) is 2.60. The highest BCUT2D eigenvalue weighted by atomic mass is 16.4. The van der Waals surface area contributed by atoms with Crippen molar-refractivity contribution >= 4 is 11.7 Å². The predicted molar refractivity (Wildman–Crippen MR) is 68.0 cm³/mol. The van der Waals surface area contributed by atoms with Crippen LogP contribution in [0.2, 0.25) is 0 Å². The number of aromatic carboxylic acids is 1. The van der Waals surface area contributed by atoms with Gasteiger partial charge in [-0.1, -0.05) is 24.3 Å². The summed E-state index contributed by atoms with van der Waals surface area (Å²) in [7, 11) is 0. The van der Waals surface area contributed by atoms with Gasteiger partial charge in [-0.2, -0.15) is 0 Å². The molecule has 0 aromatic heterocycles. The molecule has 86 valence electrons. The van der Waals surface area contributed by atoms with E-state index in [0.29, 0.717) is 5.69 Å². The number of nitrogen functional groups attached to an aromatic ring is 1. The fourth-order valence-corrected chi connectivity index (χ4v) is 1.82. The first-order valence-electron chi connectivity index (χ1n) is 5.28. The Morgan fingerprint density at radius 2 is 1.88 bits per heavy atom. The van der Waals surface area contributed by atoms with Crippen LogP contribution in [0.5, 0.6) is 0 Å². The molecule has 2 aromatic carbocycles. The molecule has 0 bridgehead atoms. The van der Waals surface area contributed by atoms with Crippen molar-refractivity contribution < 1.29 is 9.90 Å². The zero-order chi connectivity index (χ0) is 12.4. The number of carbonyl (C=O) groups is 1. The van der Waals surface area contributed by atoms with E-state index in [1.165, 1.54) is 0 Å². The van der Waals surface area contributed by atoms with E-state index >= 15 is 0 Å². The summed E-state index contributed by atoms with van der Waals surface area (Å²) in [6.45, 7) is 1.87. The van der Waals surface area contributed by atoms with Gasteiger partial charge in [0, 0.05) is 11.3 Å². The van der Waals surface area contributed by atoms with Crippen molar-refractivity contribution in [3.05, 3.63) is 53.6 Å². The standard InChI is InChI=1S/C14H13NO2/c1-9-6-10(8-11(7-9)14(16)17)12-4-2-3-5-13(12)15/h2-8H,15H2,1H3,(H,16,17). The lowest BCUT2D eigenvalue weighted by atomic mass is 9.99. The summed E-state index contributed by atoms with van der Waals surface area (Å²) in [5, 5.41) is 9.02. The lowest BCUT2D eigenvalue weighted by molar-refractivity contribution is 0.0697. The SMILES string of the molecule is Cc1cc(C(=O)O)cc(-c2ccccc2N)c1. The first-order valence-corrected chi connectivity index (χ1v) is 5.28. The monoisotopic (exact) mass is 227 g/mol. The van der Waals surface area contributed by atoms with E-state index in [-0.39, 0.29) is 5.56 Å². The Labute approximate surface area is 99.5 Å². The zero-order valence-corrected chi connectivity index (χ0v) is 9.47. The zero-order valence-electron chi connectivity index (χ0n) is 9.47. The van der Waals surface area contributed by atoms with Gasteiger partial charge in [-0.25, -0.2) is 4.79 Å². The first kappa shape index (κ1) is 11.2. The molecular formula is C14H13NO2. The summed E-state index contributed by atoms with van der Waals surface area (Å²) in [6, 6.07) is 12.6. The lowest BCUT2D eigenvalue weighted by Crippen LogP contribution is -1.98. The molecule has 0 radical (unpaired) electrons. The number of hydrogen-bond donors (Lipinski definition) is 2. The minimum absolute atomic E-state index is 0.281. The smallest absolute Gasteiger partial charge is 0.335 e. The largest absolute Gasteiger partial charge is 0.478 e. The minimum atomic E-state index is -0.926. The van der Waals surface area contributed by atoms with Gasteiger partial charge in [-0.3, -0.25) is 0 Å². The van der Waals surface area contributed by atoms with Crippen molar-refractivity contribution in [2.75, 3.05) is 5.73 Å². The van der Waals surface area contributed by atoms with Gasteiger partial charge in [0.05, 0.1) is 5.56 Å². The molecule has 0 aliphatic carbocycles. The van der Waals surface area contributed by atoms with Crippen molar-refractivity contribution in [3.8, 4) is 11.1 Å². The van der Waals surface area contributed by atoms with Crippen LogP contribution in [0.1, 0.15) is 15.9 Å². The third kappa shape index (κ3) is 2.28. The number of carboxylic acids is 1. The second kappa shape index (κ2) is 4.29. The summed E-state index contributed by atoms with van der Waals surface area (Å²) >= 11 is 0. The number of para-hydroxylation sites is 1. The Morgan fingerprint density at radius 3 is 2.53 bits per heavy atom. The van der Waals surface area contributed by atoms with Crippen LogP contribution in [-0.4, -0.2) is 11.1 Å². The van der Waals surface area contributed by atoms with Gasteiger partial charge in [0.2, 0.25) is 0 Å². The van der Waals surface area contributed by atoms with Crippen LogP contribution in [0.3, 0.4) is 0 Å². The second-order valence-corrected chi connectivity index (χ2v) is 3.98. The van der Waals surface area contributed by atoms with E-state index in [1.54, 1.807) is 18.2 Å². The third-order valence-electron chi connectivity index (χ3n) is 2.60. The molecule has 0 atom stereocenters. The maximum atomic E-state index is 11.0. The number of rotatable bonds is 2. The van der Waals surface area contributed by atoms with Crippen LogP contribution >= 0.6 is 0 Å². The number of aryl methyl sites for hydroxylation is 1. The Balaban J connectivity index is 2.60. The van der Waals surface area contributed by atoms with Crippen LogP contribution in [0.4, 0.5) is 5.69 Å². The Bertz CT molecular complexity index is 576. The van der Waals surface area contributed by atoms with Crippen LogP contribution in [0.15, 0.2) is 42.5 Å². The van der Waals surface area contributed by atoms with Crippen molar-refractivity contribution in [2.45, 2.75) is 6.92 Å². The molecule has 0 aliphatic rings. The minimum Gasteiger partial charge on any atom is -0.478 e. The molecule has 0 aliphatic heterocycles. The number of hydrogen-bond acceptors (Lipinski definition) is 2. The highest BCUT2D eigenvalue weighted by Crippen LogP contribution is 2.27. The number of benzene rings is 2. The van der Waals surface area contributed by atoms with Crippen molar-refractivity contribution in [1.82, 2.24) is 0 Å². The molecule has 0 fully saturated rings. The number of anilines is 1. The molecule has 0 unspecified atom stereocenters. The second-order valence-electron chi connectivity index (χ2n) is 3.98. The van der Waals surface area contributed by atoms with Crippen LogP contribution < -0.4 is 5.73 Å². The van der Waals surface area contributed by atoms with Crippen LogP contribution in [0.25, 0.3) is 11.1 Å². The maximum Gasteiger partial charge on any atom is 0.335 e. The van der Waals surface area contributed by atoms with Gasteiger partial charge >= 0.3 is 5.97 Å². The molecule has 0 saturated heterocycles. The fourth-order valence-electron chi connectivity index (χ4n) is 1.82. The van der Waals surface area contributed by atoms with Gasteiger partial charge < -0.3 is 10.8 Å². The highest BCUT2D eigenvalue weighted by Gasteiger charge is 2.08. The average molecular weight is 227 g/mol. The normalized spacial score (nSPS) is 10.2. The molecule has 0 spiro atoms. The lowest BCUT2D eigenvalue weighted by Gasteiger charge is -2.08. The summed E-state index contributed by atoms with van der Waals surface area (Å²) < 4.78 is 0. The average Bonchev–Trinajstić information content (AvgIpc) is 2.28. The quantitative estimate of drug-likeness (QED) is 0.775. The molecule has 2 aromatic rings. The van der Waals surface area contributed by atoms with E-state index < -0.39 is 5.97 Å². The first-order chi connectivity index (χ1) is 8.08. The van der Waals surface area contributed by atoms with Gasteiger partial charge in [0.15, 0.2) is 0 Å². The van der Waals surface area contributed by atoms with Gasteiger partial charge in [-0.05, 0) is 36.2 Å². The van der Waals surface area contributed by atoms with E-state index in [0.717, 1.165) is 16.7 Å². The Morgan fingerprint density at radius 1 is 1.18 bits per heavy atom. The molecule has 0 heterocycles. The van der Waals surface area contributed by atoms with E-state index in [9.17, 15) is 4.79 Å². The molecule has 0 saturated carbocycles. The maximum absolute atomic E-state index is 11.0. The number of carboxylic acid groups (broad SMARTS) is 1. The van der Waals surface area contributed by atoms with Crippen molar-refractivity contribution in [2.24, 2.45) is 0 Å². The van der Waals surface area contributed by atoms with E-state index in [1.807, 2.05) is 31.2 Å². The molecule has 3 nitrogen and oxygen atoms in total. The molecule has 3 heteroatoms. The van der Waals surface area contributed by atoms with Gasteiger partial charge in [0.25, 0.3) is 0 Å². The summed E-state index contributed by atoms with van der Waals surface area (Å²) in [5.41, 5.74) is 9.41.